The fourth-order valence-electron chi connectivity index (χ4n) is 2.80. The Hall–Kier alpha value is -0.770. The minimum atomic E-state index is 0.454. The number of hydrogen-bond acceptors (Lipinski definition) is 4. The standard InChI is InChI=1S/C13H25N3O/c1-16-10-4-8-14-12(16)15-9-7-13(11-17-2)5-3-6-13/h3-11H2,1-2H3,(H,14,15). The lowest BCUT2D eigenvalue weighted by molar-refractivity contribution is 0.0115. The first-order valence-electron chi connectivity index (χ1n) is 6.74. The van der Waals surface area contributed by atoms with Crippen molar-refractivity contribution in [1.82, 2.24) is 10.2 Å². The predicted molar refractivity (Wildman–Crippen MR) is 70.3 cm³/mol. The highest BCUT2D eigenvalue weighted by Crippen LogP contribution is 2.43. The lowest BCUT2D eigenvalue weighted by Gasteiger charge is -2.41. The molecule has 2 aliphatic rings. The summed E-state index contributed by atoms with van der Waals surface area (Å²) in [6, 6.07) is 0. The summed E-state index contributed by atoms with van der Waals surface area (Å²) >= 11 is 0. The van der Waals surface area contributed by atoms with Gasteiger partial charge in [-0.15, -0.1) is 0 Å². The number of guanidine groups is 1. The summed E-state index contributed by atoms with van der Waals surface area (Å²) in [4.78, 5) is 6.74. The first-order valence-corrected chi connectivity index (χ1v) is 6.74. The van der Waals surface area contributed by atoms with E-state index in [9.17, 15) is 0 Å². The molecular weight excluding hydrogens is 214 g/mol. The van der Waals surface area contributed by atoms with Crippen LogP contribution in [0, 0.1) is 5.41 Å². The molecule has 0 aromatic rings. The summed E-state index contributed by atoms with van der Waals surface area (Å²) in [6.07, 6.45) is 6.39. The maximum absolute atomic E-state index is 5.34. The van der Waals surface area contributed by atoms with Gasteiger partial charge in [0.25, 0.3) is 0 Å². The first kappa shape index (κ1) is 12.7. The number of ether oxygens (including phenoxy) is 1. The van der Waals surface area contributed by atoms with Crippen LogP contribution in [0.1, 0.15) is 32.1 Å². The molecule has 0 aromatic heterocycles. The normalized spacial score (nSPS) is 22.9. The third kappa shape index (κ3) is 3.12. The van der Waals surface area contributed by atoms with Crippen molar-refractivity contribution < 1.29 is 4.74 Å². The van der Waals surface area contributed by atoms with Gasteiger partial charge in [0, 0.05) is 33.8 Å². The zero-order chi connectivity index (χ0) is 12.1. The largest absolute Gasteiger partial charge is 0.384 e. The van der Waals surface area contributed by atoms with Gasteiger partial charge in [-0.25, -0.2) is 0 Å². The van der Waals surface area contributed by atoms with E-state index in [0.29, 0.717) is 5.41 Å². The van der Waals surface area contributed by atoms with Crippen LogP contribution in [0.5, 0.6) is 0 Å². The highest BCUT2D eigenvalue weighted by atomic mass is 16.5. The SMILES string of the molecule is COCC1(CCNC2=NCCCN2C)CCC1. The average molecular weight is 239 g/mol. The van der Waals surface area contributed by atoms with E-state index in [1.165, 1.54) is 32.1 Å². The van der Waals surface area contributed by atoms with E-state index in [-0.39, 0.29) is 0 Å². The maximum Gasteiger partial charge on any atom is 0.193 e. The van der Waals surface area contributed by atoms with Crippen LogP contribution in [0.15, 0.2) is 4.99 Å². The zero-order valence-electron chi connectivity index (χ0n) is 11.2. The molecule has 0 saturated heterocycles. The molecule has 0 radical (unpaired) electrons. The van der Waals surface area contributed by atoms with Crippen molar-refractivity contribution in [1.29, 1.82) is 0 Å². The van der Waals surface area contributed by atoms with Gasteiger partial charge in [-0.05, 0) is 31.1 Å². The van der Waals surface area contributed by atoms with Crippen LogP contribution < -0.4 is 5.32 Å². The number of rotatable bonds is 5. The zero-order valence-corrected chi connectivity index (χ0v) is 11.2. The molecule has 0 atom stereocenters. The predicted octanol–water partition coefficient (Wildman–Crippen LogP) is 1.47. The summed E-state index contributed by atoms with van der Waals surface area (Å²) in [7, 11) is 3.92. The van der Waals surface area contributed by atoms with E-state index in [0.717, 1.165) is 32.2 Å². The van der Waals surface area contributed by atoms with Crippen LogP contribution in [0.3, 0.4) is 0 Å². The topological polar surface area (TPSA) is 36.9 Å². The monoisotopic (exact) mass is 239 g/mol. The van der Waals surface area contributed by atoms with Gasteiger partial charge in [0.1, 0.15) is 0 Å². The molecule has 0 bridgehead atoms. The van der Waals surface area contributed by atoms with E-state index in [1.54, 1.807) is 0 Å². The van der Waals surface area contributed by atoms with Crippen molar-refractivity contribution in [2.75, 3.05) is 40.4 Å². The second-order valence-electron chi connectivity index (χ2n) is 5.44. The van der Waals surface area contributed by atoms with Crippen molar-refractivity contribution in [2.45, 2.75) is 32.1 Å². The molecule has 0 aromatic carbocycles. The first-order chi connectivity index (χ1) is 8.26. The molecule has 17 heavy (non-hydrogen) atoms. The van der Waals surface area contributed by atoms with Gasteiger partial charge in [0.05, 0.1) is 6.61 Å². The van der Waals surface area contributed by atoms with Gasteiger partial charge in [-0.3, -0.25) is 4.99 Å². The van der Waals surface area contributed by atoms with Gasteiger partial charge in [0.2, 0.25) is 0 Å². The van der Waals surface area contributed by atoms with Crippen LogP contribution in [0.4, 0.5) is 0 Å². The summed E-state index contributed by atoms with van der Waals surface area (Å²) in [5.74, 6) is 1.07. The van der Waals surface area contributed by atoms with Crippen molar-refractivity contribution in [2.24, 2.45) is 10.4 Å². The Balaban J connectivity index is 1.73. The number of nitrogens with one attached hydrogen (secondary N) is 1. The lowest BCUT2D eigenvalue weighted by atomic mass is 9.67. The Morgan fingerprint density at radius 3 is 2.82 bits per heavy atom. The van der Waals surface area contributed by atoms with Crippen LogP contribution in [-0.2, 0) is 4.74 Å². The number of hydrogen-bond donors (Lipinski definition) is 1. The molecule has 1 aliphatic heterocycles. The molecule has 1 N–H and O–H groups in total. The van der Waals surface area contributed by atoms with Crippen molar-refractivity contribution in [3.63, 3.8) is 0 Å². The van der Waals surface area contributed by atoms with Crippen molar-refractivity contribution in [3.05, 3.63) is 0 Å². The van der Waals surface area contributed by atoms with E-state index >= 15 is 0 Å². The fraction of sp³-hybridized carbons (Fsp3) is 0.923. The molecule has 98 valence electrons. The van der Waals surface area contributed by atoms with E-state index in [2.05, 4.69) is 22.3 Å². The van der Waals surface area contributed by atoms with Gasteiger partial charge in [0.15, 0.2) is 5.96 Å². The molecule has 1 heterocycles. The minimum absolute atomic E-state index is 0.454. The summed E-state index contributed by atoms with van der Waals surface area (Å²) in [6.45, 7) is 4.02. The molecule has 2 rings (SSSR count). The Morgan fingerprint density at radius 1 is 1.41 bits per heavy atom. The molecule has 1 aliphatic carbocycles. The lowest BCUT2D eigenvalue weighted by Crippen LogP contribution is -2.44. The van der Waals surface area contributed by atoms with Crippen LogP contribution in [0.25, 0.3) is 0 Å². The Kier molecular flexibility index (Phi) is 4.26. The molecule has 1 fully saturated rings. The average Bonchev–Trinajstić information content (AvgIpc) is 2.28. The Bertz CT molecular complexity index is 274. The van der Waals surface area contributed by atoms with E-state index in [4.69, 9.17) is 4.74 Å². The van der Waals surface area contributed by atoms with Gasteiger partial charge >= 0.3 is 0 Å². The number of aliphatic imine (C=N–C) groups is 1. The second-order valence-corrected chi connectivity index (χ2v) is 5.44. The molecule has 4 nitrogen and oxygen atoms in total. The van der Waals surface area contributed by atoms with Crippen molar-refractivity contribution in [3.8, 4) is 0 Å². The molecule has 0 spiro atoms. The van der Waals surface area contributed by atoms with Crippen LogP contribution in [-0.4, -0.2) is 51.3 Å². The fourth-order valence-corrected chi connectivity index (χ4v) is 2.80. The van der Waals surface area contributed by atoms with E-state index in [1.807, 2.05) is 7.11 Å². The van der Waals surface area contributed by atoms with Gasteiger partial charge < -0.3 is 15.0 Å². The Labute approximate surface area is 104 Å². The third-order valence-corrected chi connectivity index (χ3v) is 4.08. The third-order valence-electron chi connectivity index (χ3n) is 4.08. The van der Waals surface area contributed by atoms with E-state index < -0.39 is 0 Å². The van der Waals surface area contributed by atoms with Crippen LogP contribution >= 0.6 is 0 Å². The highest BCUT2D eigenvalue weighted by molar-refractivity contribution is 5.80. The number of nitrogens with zero attached hydrogens (tertiary/aromatic N) is 2. The smallest absolute Gasteiger partial charge is 0.193 e. The van der Waals surface area contributed by atoms with Crippen molar-refractivity contribution >= 4 is 5.96 Å². The number of methoxy groups -OCH3 is 1. The summed E-state index contributed by atoms with van der Waals surface area (Å²) in [5, 5.41) is 3.47. The maximum atomic E-state index is 5.34. The molecular formula is C13H25N3O. The highest BCUT2D eigenvalue weighted by Gasteiger charge is 2.36. The van der Waals surface area contributed by atoms with Gasteiger partial charge in [-0.1, -0.05) is 6.42 Å². The quantitative estimate of drug-likeness (QED) is 0.789. The molecule has 0 amide bonds. The van der Waals surface area contributed by atoms with Crippen LogP contribution in [0.2, 0.25) is 0 Å². The molecule has 4 heteroatoms. The summed E-state index contributed by atoms with van der Waals surface area (Å²) in [5.41, 5.74) is 0.454. The second kappa shape index (κ2) is 5.71. The Morgan fingerprint density at radius 2 is 2.24 bits per heavy atom. The molecule has 0 unspecified atom stereocenters. The molecule has 1 saturated carbocycles. The summed E-state index contributed by atoms with van der Waals surface area (Å²) < 4.78 is 5.34. The minimum Gasteiger partial charge on any atom is -0.384 e. The van der Waals surface area contributed by atoms with Gasteiger partial charge in [-0.2, -0.15) is 0 Å².